The normalized spacial score (nSPS) is 20.0. The first-order valence-corrected chi connectivity index (χ1v) is 9.33. The van der Waals surface area contributed by atoms with Crippen LogP contribution in [-0.2, 0) is 6.54 Å². The molecule has 0 atom stereocenters. The number of para-hydroxylation sites is 1. The van der Waals surface area contributed by atoms with Gasteiger partial charge in [0.2, 0.25) is 11.9 Å². The Kier molecular flexibility index (Phi) is 4.89. The van der Waals surface area contributed by atoms with Crippen LogP contribution in [0, 0.1) is 5.82 Å². The molecule has 0 unspecified atom stereocenters. The average Bonchev–Trinajstić information content (AvgIpc) is 3.02. The number of benzene rings is 1. The van der Waals surface area contributed by atoms with Crippen molar-refractivity contribution in [1.29, 1.82) is 0 Å². The zero-order chi connectivity index (χ0) is 18.8. The molecule has 0 saturated heterocycles. The molecule has 4 rings (SSSR count). The Morgan fingerprint density at radius 3 is 2.70 bits per heavy atom. The summed E-state index contributed by atoms with van der Waals surface area (Å²) in [6.07, 6.45) is 4.87. The van der Waals surface area contributed by atoms with Gasteiger partial charge in [-0.15, -0.1) is 0 Å². The number of hydrogen-bond acceptors (Lipinski definition) is 6. The standard InChI is InChI=1S/C19H23FN6O/c1-2-26-17-16(24-19(26)23-15-6-4-3-5-14(15)20)11-21-18(25-17)22-12-7-9-13(27)10-8-12/h3-6,11-13,27H,2,7-10H2,1H3,(H,23,24)(H,21,22,25). The van der Waals surface area contributed by atoms with Crippen LogP contribution in [-0.4, -0.2) is 36.8 Å². The van der Waals surface area contributed by atoms with Gasteiger partial charge in [-0.2, -0.15) is 4.98 Å². The van der Waals surface area contributed by atoms with Crippen molar-refractivity contribution in [2.75, 3.05) is 10.6 Å². The average molecular weight is 370 g/mol. The van der Waals surface area contributed by atoms with E-state index in [1.165, 1.54) is 6.07 Å². The molecule has 142 valence electrons. The SMILES string of the molecule is CCn1c(Nc2ccccc2F)nc2cnc(NC3CCC(O)CC3)nc21. The first-order chi connectivity index (χ1) is 13.1. The summed E-state index contributed by atoms with van der Waals surface area (Å²) in [5.41, 5.74) is 1.72. The quantitative estimate of drug-likeness (QED) is 0.638. The van der Waals surface area contributed by atoms with Crippen molar-refractivity contribution in [2.24, 2.45) is 0 Å². The number of aryl methyl sites for hydroxylation is 1. The van der Waals surface area contributed by atoms with E-state index >= 15 is 0 Å². The third-order valence-electron chi connectivity index (χ3n) is 4.95. The van der Waals surface area contributed by atoms with Gasteiger partial charge in [0, 0.05) is 12.6 Å². The van der Waals surface area contributed by atoms with Crippen LogP contribution < -0.4 is 10.6 Å². The topological polar surface area (TPSA) is 87.9 Å². The molecule has 3 aromatic rings. The van der Waals surface area contributed by atoms with Crippen LogP contribution in [0.15, 0.2) is 30.5 Å². The van der Waals surface area contributed by atoms with Gasteiger partial charge in [-0.05, 0) is 44.7 Å². The highest BCUT2D eigenvalue weighted by molar-refractivity contribution is 5.76. The van der Waals surface area contributed by atoms with Crippen molar-refractivity contribution < 1.29 is 9.50 Å². The lowest BCUT2D eigenvalue weighted by molar-refractivity contribution is 0.126. The maximum absolute atomic E-state index is 14.0. The minimum atomic E-state index is -0.333. The summed E-state index contributed by atoms with van der Waals surface area (Å²) in [5, 5.41) is 16.0. The minimum absolute atomic E-state index is 0.194. The van der Waals surface area contributed by atoms with E-state index in [9.17, 15) is 9.50 Å². The van der Waals surface area contributed by atoms with Gasteiger partial charge in [0.1, 0.15) is 11.3 Å². The monoisotopic (exact) mass is 370 g/mol. The first kappa shape index (κ1) is 17.7. The van der Waals surface area contributed by atoms with Gasteiger partial charge >= 0.3 is 0 Å². The van der Waals surface area contributed by atoms with Gasteiger partial charge in [-0.25, -0.2) is 14.4 Å². The Labute approximate surface area is 156 Å². The summed E-state index contributed by atoms with van der Waals surface area (Å²) in [7, 11) is 0. The number of hydrogen-bond donors (Lipinski definition) is 3. The van der Waals surface area contributed by atoms with E-state index in [0.29, 0.717) is 35.3 Å². The lowest BCUT2D eigenvalue weighted by Gasteiger charge is -2.26. The molecule has 27 heavy (non-hydrogen) atoms. The van der Waals surface area contributed by atoms with Gasteiger partial charge in [0.05, 0.1) is 18.0 Å². The van der Waals surface area contributed by atoms with Crippen molar-refractivity contribution in [1.82, 2.24) is 19.5 Å². The summed E-state index contributed by atoms with van der Waals surface area (Å²) in [6.45, 7) is 2.63. The fraction of sp³-hybridized carbons (Fsp3) is 0.421. The van der Waals surface area contributed by atoms with E-state index in [-0.39, 0.29) is 18.0 Å². The van der Waals surface area contributed by atoms with E-state index < -0.39 is 0 Å². The van der Waals surface area contributed by atoms with E-state index in [0.717, 1.165) is 25.7 Å². The number of aliphatic hydroxyl groups excluding tert-OH is 1. The highest BCUT2D eigenvalue weighted by Crippen LogP contribution is 2.25. The number of halogens is 1. The highest BCUT2D eigenvalue weighted by atomic mass is 19.1. The number of aromatic nitrogens is 4. The minimum Gasteiger partial charge on any atom is -0.393 e. The van der Waals surface area contributed by atoms with Crippen LogP contribution in [0.25, 0.3) is 11.2 Å². The van der Waals surface area contributed by atoms with Crippen LogP contribution in [0.4, 0.5) is 22.0 Å². The summed E-state index contributed by atoms with van der Waals surface area (Å²) in [6, 6.07) is 6.76. The molecule has 0 bridgehead atoms. The molecule has 0 amide bonds. The molecule has 1 fully saturated rings. The fourth-order valence-electron chi connectivity index (χ4n) is 3.47. The number of fused-ring (bicyclic) bond motifs is 1. The second-order valence-corrected chi connectivity index (χ2v) is 6.84. The molecule has 1 aliphatic carbocycles. The van der Waals surface area contributed by atoms with Gasteiger partial charge < -0.3 is 15.7 Å². The molecule has 1 saturated carbocycles. The molecule has 1 aromatic carbocycles. The fourth-order valence-corrected chi connectivity index (χ4v) is 3.47. The van der Waals surface area contributed by atoms with Gasteiger partial charge in [0.25, 0.3) is 0 Å². The van der Waals surface area contributed by atoms with E-state index in [1.54, 1.807) is 24.4 Å². The second-order valence-electron chi connectivity index (χ2n) is 6.84. The summed E-state index contributed by atoms with van der Waals surface area (Å²) in [5.74, 6) is 0.751. The Hall–Kier alpha value is -2.74. The number of nitrogens with one attached hydrogen (secondary N) is 2. The van der Waals surface area contributed by atoms with Crippen molar-refractivity contribution in [3.63, 3.8) is 0 Å². The van der Waals surface area contributed by atoms with Crippen molar-refractivity contribution >= 4 is 28.7 Å². The predicted octanol–water partition coefficient (Wildman–Crippen LogP) is 3.44. The van der Waals surface area contributed by atoms with Gasteiger partial charge in [-0.3, -0.25) is 4.57 Å². The molecule has 0 radical (unpaired) electrons. The maximum Gasteiger partial charge on any atom is 0.224 e. The Morgan fingerprint density at radius 1 is 1.19 bits per heavy atom. The molecule has 8 heteroatoms. The summed E-state index contributed by atoms with van der Waals surface area (Å²) < 4.78 is 15.9. The van der Waals surface area contributed by atoms with Crippen LogP contribution >= 0.6 is 0 Å². The third-order valence-corrected chi connectivity index (χ3v) is 4.95. The zero-order valence-electron chi connectivity index (χ0n) is 15.2. The van der Waals surface area contributed by atoms with Crippen LogP contribution in [0.3, 0.4) is 0 Å². The zero-order valence-corrected chi connectivity index (χ0v) is 15.2. The smallest absolute Gasteiger partial charge is 0.224 e. The molecule has 1 aliphatic rings. The largest absolute Gasteiger partial charge is 0.393 e. The lowest BCUT2D eigenvalue weighted by atomic mass is 9.93. The summed E-state index contributed by atoms with van der Waals surface area (Å²) >= 11 is 0. The first-order valence-electron chi connectivity index (χ1n) is 9.33. The van der Waals surface area contributed by atoms with E-state index in [1.807, 2.05) is 11.5 Å². The van der Waals surface area contributed by atoms with Crippen LogP contribution in [0.5, 0.6) is 0 Å². The molecule has 2 heterocycles. The molecule has 2 aromatic heterocycles. The number of imidazole rings is 1. The van der Waals surface area contributed by atoms with Crippen molar-refractivity contribution in [3.05, 3.63) is 36.3 Å². The number of anilines is 3. The molecular weight excluding hydrogens is 347 g/mol. The molecule has 0 aliphatic heterocycles. The molecule has 7 nitrogen and oxygen atoms in total. The highest BCUT2D eigenvalue weighted by Gasteiger charge is 2.20. The predicted molar refractivity (Wildman–Crippen MR) is 103 cm³/mol. The number of nitrogens with zero attached hydrogens (tertiary/aromatic N) is 4. The maximum atomic E-state index is 14.0. The van der Waals surface area contributed by atoms with Crippen molar-refractivity contribution in [2.45, 2.75) is 51.3 Å². The van der Waals surface area contributed by atoms with E-state index in [4.69, 9.17) is 0 Å². The Bertz CT molecular complexity index is 935. The molecule has 3 N–H and O–H groups in total. The third kappa shape index (κ3) is 3.71. The number of aliphatic hydroxyl groups is 1. The van der Waals surface area contributed by atoms with Gasteiger partial charge in [-0.1, -0.05) is 12.1 Å². The van der Waals surface area contributed by atoms with Crippen LogP contribution in [0.1, 0.15) is 32.6 Å². The summed E-state index contributed by atoms with van der Waals surface area (Å²) in [4.78, 5) is 13.5. The Morgan fingerprint density at radius 2 is 1.96 bits per heavy atom. The molecular formula is C19H23FN6O. The van der Waals surface area contributed by atoms with Crippen molar-refractivity contribution in [3.8, 4) is 0 Å². The lowest BCUT2D eigenvalue weighted by Crippen LogP contribution is -2.28. The number of rotatable bonds is 5. The van der Waals surface area contributed by atoms with E-state index in [2.05, 4.69) is 25.6 Å². The van der Waals surface area contributed by atoms with Gasteiger partial charge in [0.15, 0.2) is 5.65 Å². The Balaban J connectivity index is 1.60. The second kappa shape index (κ2) is 7.48. The molecule has 0 spiro atoms. The van der Waals surface area contributed by atoms with Crippen LogP contribution in [0.2, 0.25) is 0 Å².